The van der Waals surface area contributed by atoms with Crippen LogP contribution in [0.2, 0.25) is 0 Å². The third-order valence-corrected chi connectivity index (χ3v) is 5.49. The van der Waals surface area contributed by atoms with E-state index in [4.69, 9.17) is 4.74 Å². The number of hydrogen-bond donors (Lipinski definition) is 0. The maximum atomic E-state index is 5.88. The van der Waals surface area contributed by atoms with E-state index in [9.17, 15) is 0 Å². The number of ether oxygens (including phenoxy) is 1. The van der Waals surface area contributed by atoms with Crippen LogP contribution in [0.4, 0.5) is 0 Å². The van der Waals surface area contributed by atoms with Crippen molar-refractivity contribution in [3.63, 3.8) is 0 Å². The molecule has 24 heavy (non-hydrogen) atoms. The molecule has 3 heterocycles. The molecule has 0 radical (unpaired) electrons. The molecule has 2 aromatic heterocycles. The minimum absolute atomic E-state index is 0.640. The first kappa shape index (κ1) is 15.5. The van der Waals surface area contributed by atoms with Crippen molar-refractivity contribution in [2.75, 3.05) is 6.54 Å². The standard InChI is InChI=1S/C19H21N3OS/c1-14-5-2-3-12-22(14)13-15-7-9-16(10-8-15)23-19-21-18-17(24-19)6-4-11-20-18/h4,6-11,14H,2-3,5,12-13H2,1H3/t14-/m0/s1. The van der Waals surface area contributed by atoms with Crippen LogP contribution in [0.15, 0.2) is 42.6 Å². The molecule has 0 unspecified atom stereocenters. The normalized spacial score (nSPS) is 18.8. The smallest absolute Gasteiger partial charge is 0.281 e. The van der Waals surface area contributed by atoms with Crippen molar-refractivity contribution in [3.8, 4) is 10.9 Å². The van der Waals surface area contributed by atoms with Crippen LogP contribution in [-0.4, -0.2) is 27.5 Å². The number of piperidine rings is 1. The summed E-state index contributed by atoms with van der Waals surface area (Å²) in [4.78, 5) is 11.2. The number of hydrogen-bond acceptors (Lipinski definition) is 5. The SMILES string of the molecule is C[C@H]1CCCCN1Cc1ccc(Oc2nc3ncccc3s2)cc1. The quantitative estimate of drug-likeness (QED) is 0.680. The van der Waals surface area contributed by atoms with E-state index in [1.165, 1.54) is 42.7 Å². The van der Waals surface area contributed by atoms with Crippen molar-refractivity contribution in [1.82, 2.24) is 14.9 Å². The number of nitrogens with zero attached hydrogens (tertiary/aromatic N) is 3. The maximum Gasteiger partial charge on any atom is 0.281 e. The summed E-state index contributed by atoms with van der Waals surface area (Å²) in [6.07, 6.45) is 5.74. The molecule has 1 atom stereocenters. The van der Waals surface area contributed by atoms with Crippen LogP contribution in [0.5, 0.6) is 10.9 Å². The molecule has 1 fully saturated rings. The Hall–Kier alpha value is -1.98. The number of thiazole rings is 1. The zero-order chi connectivity index (χ0) is 16.4. The van der Waals surface area contributed by atoms with E-state index >= 15 is 0 Å². The highest BCUT2D eigenvalue weighted by Crippen LogP contribution is 2.30. The zero-order valence-electron chi connectivity index (χ0n) is 13.8. The van der Waals surface area contributed by atoms with Crippen molar-refractivity contribution >= 4 is 21.7 Å². The van der Waals surface area contributed by atoms with E-state index in [-0.39, 0.29) is 0 Å². The lowest BCUT2D eigenvalue weighted by Gasteiger charge is -2.33. The predicted octanol–water partition coefficient (Wildman–Crippen LogP) is 4.86. The van der Waals surface area contributed by atoms with Crippen molar-refractivity contribution in [2.45, 2.75) is 38.8 Å². The second kappa shape index (κ2) is 6.87. The Morgan fingerprint density at radius 3 is 2.88 bits per heavy atom. The van der Waals surface area contributed by atoms with Gasteiger partial charge in [-0.3, -0.25) is 4.90 Å². The Kier molecular flexibility index (Phi) is 4.45. The van der Waals surface area contributed by atoms with Gasteiger partial charge in [0.15, 0.2) is 5.65 Å². The molecule has 4 rings (SSSR count). The molecule has 0 aliphatic carbocycles. The second-order valence-electron chi connectivity index (χ2n) is 6.37. The molecule has 3 aromatic rings. The van der Waals surface area contributed by atoms with Gasteiger partial charge in [0, 0.05) is 18.8 Å². The number of fused-ring (bicyclic) bond motifs is 1. The number of likely N-dealkylation sites (tertiary alicyclic amines) is 1. The van der Waals surface area contributed by atoms with E-state index in [0.29, 0.717) is 11.2 Å². The molecule has 4 nitrogen and oxygen atoms in total. The van der Waals surface area contributed by atoms with Gasteiger partial charge in [0.2, 0.25) is 0 Å². The van der Waals surface area contributed by atoms with Crippen LogP contribution >= 0.6 is 11.3 Å². The summed E-state index contributed by atoms with van der Waals surface area (Å²) < 4.78 is 6.93. The van der Waals surface area contributed by atoms with Crippen molar-refractivity contribution in [2.24, 2.45) is 0 Å². The lowest BCUT2D eigenvalue weighted by Crippen LogP contribution is -2.36. The summed E-state index contributed by atoms with van der Waals surface area (Å²) >= 11 is 1.52. The van der Waals surface area contributed by atoms with E-state index in [1.807, 2.05) is 24.3 Å². The Morgan fingerprint density at radius 1 is 1.21 bits per heavy atom. The van der Waals surface area contributed by atoms with Gasteiger partial charge >= 0.3 is 0 Å². The van der Waals surface area contributed by atoms with E-state index in [1.54, 1.807) is 6.20 Å². The Balaban J connectivity index is 1.43. The average molecular weight is 339 g/mol. The van der Waals surface area contributed by atoms with Crippen LogP contribution in [0.3, 0.4) is 0 Å². The summed E-state index contributed by atoms with van der Waals surface area (Å²) in [6.45, 7) is 4.56. The maximum absolute atomic E-state index is 5.88. The minimum atomic E-state index is 0.640. The fraction of sp³-hybridized carbons (Fsp3) is 0.368. The van der Waals surface area contributed by atoms with Gasteiger partial charge < -0.3 is 4.74 Å². The molecule has 0 bridgehead atoms. The molecule has 1 aromatic carbocycles. The largest absolute Gasteiger partial charge is 0.431 e. The van der Waals surface area contributed by atoms with Crippen LogP contribution in [0.25, 0.3) is 10.3 Å². The molecule has 1 aliphatic rings. The highest BCUT2D eigenvalue weighted by Gasteiger charge is 2.18. The molecule has 0 saturated carbocycles. The number of aromatic nitrogens is 2. The van der Waals surface area contributed by atoms with Crippen LogP contribution in [-0.2, 0) is 6.54 Å². The zero-order valence-corrected chi connectivity index (χ0v) is 14.6. The monoisotopic (exact) mass is 339 g/mol. The first-order chi connectivity index (χ1) is 11.8. The lowest BCUT2D eigenvalue weighted by molar-refractivity contribution is 0.152. The first-order valence-corrected chi connectivity index (χ1v) is 9.32. The van der Waals surface area contributed by atoms with Crippen molar-refractivity contribution in [1.29, 1.82) is 0 Å². The summed E-state index contributed by atoms with van der Waals surface area (Å²) in [6, 6.07) is 13.0. The second-order valence-corrected chi connectivity index (χ2v) is 7.36. The fourth-order valence-electron chi connectivity index (χ4n) is 3.18. The first-order valence-electron chi connectivity index (χ1n) is 8.50. The topological polar surface area (TPSA) is 38.2 Å². The van der Waals surface area contributed by atoms with Gasteiger partial charge in [-0.1, -0.05) is 29.9 Å². The third-order valence-electron chi connectivity index (χ3n) is 4.60. The summed E-state index contributed by atoms with van der Waals surface area (Å²) in [5.74, 6) is 0.824. The highest BCUT2D eigenvalue weighted by molar-refractivity contribution is 7.20. The van der Waals surface area contributed by atoms with Crippen molar-refractivity contribution in [3.05, 3.63) is 48.2 Å². The molecule has 0 spiro atoms. The fourth-order valence-corrected chi connectivity index (χ4v) is 3.98. The molecule has 124 valence electrons. The van der Waals surface area contributed by atoms with E-state index in [0.717, 1.165) is 22.6 Å². The average Bonchev–Trinajstić information content (AvgIpc) is 3.01. The number of benzene rings is 1. The molecule has 1 saturated heterocycles. The van der Waals surface area contributed by atoms with Gasteiger partial charge in [-0.2, -0.15) is 4.98 Å². The van der Waals surface area contributed by atoms with Crippen molar-refractivity contribution < 1.29 is 4.74 Å². The predicted molar refractivity (Wildman–Crippen MR) is 97.7 cm³/mol. The molecular formula is C19H21N3OS. The number of pyridine rings is 1. The van der Waals surface area contributed by atoms with Gasteiger partial charge in [0.25, 0.3) is 5.19 Å². The Labute approximate surface area is 146 Å². The lowest BCUT2D eigenvalue weighted by atomic mass is 10.0. The molecule has 0 amide bonds. The molecule has 1 aliphatic heterocycles. The van der Waals surface area contributed by atoms with E-state index < -0.39 is 0 Å². The van der Waals surface area contributed by atoms with Gasteiger partial charge in [-0.25, -0.2) is 4.98 Å². The van der Waals surface area contributed by atoms with Gasteiger partial charge in [-0.05, 0) is 56.1 Å². The van der Waals surface area contributed by atoms with Gasteiger partial charge in [0.1, 0.15) is 5.75 Å². The van der Waals surface area contributed by atoms with Crippen LogP contribution in [0, 0.1) is 0 Å². The highest BCUT2D eigenvalue weighted by atomic mass is 32.1. The van der Waals surface area contributed by atoms with E-state index in [2.05, 4.69) is 33.9 Å². The minimum Gasteiger partial charge on any atom is -0.431 e. The van der Waals surface area contributed by atoms with Crippen LogP contribution < -0.4 is 4.74 Å². The molecule has 5 heteroatoms. The Morgan fingerprint density at radius 2 is 2.08 bits per heavy atom. The Bertz CT molecular complexity index is 782. The van der Waals surface area contributed by atoms with Gasteiger partial charge in [0.05, 0.1) is 4.70 Å². The summed E-state index contributed by atoms with van der Waals surface area (Å²) in [5, 5.41) is 0.640. The summed E-state index contributed by atoms with van der Waals surface area (Å²) in [7, 11) is 0. The number of rotatable bonds is 4. The summed E-state index contributed by atoms with van der Waals surface area (Å²) in [5.41, 5.74) is 2.08. The third kappa shape index (κ3) is 3.42. The van der Waals surface area contributed by atoms with Crippen LogP contribution in [0.1, 0.15) is 31.7 Å². The molecular weight excluding hydrogens is 318 g/mol. The molecule has 0 N–H and O–H groups in total. The van der Waals surface area contributed by atoms with Gasteiger partial charge in [-0.15, -0.1) is 0 Å².